The lowest BCUT2D eigenvalue weighted by atomic mass is 10.2. The Hall–Kier alpha value is -2.69. The van der Waals surface area contributed by atoms with Gasteiger partial charge in [-0.3, -0.25) is 0 Å². The van der Waals surface area contributed by atoms with Crippen LogP contribution in [0.3, 0.4) is 0 Å². The molecular weight excluding hydrogens is 278 g/mol. The summed E-state index contributed by atoms with van der Waals surface area (Å²) in [5, 5.41) is 0. The maximum atomic E-state index is 12.6. The van der Waals surface area contributed by atoms with Crippen molar-refractivity contribution in [2.24, 2.45) is 0 Å². The minimum absolute atomic E-state index is 0.470. The minimum Gasteiger partial charge on any atom is -0.443 e. The zero-order valence-electron chi connectivity index (χ0n) is 13.0. The molecule has 0 aliphatic carbocycles. The van der Waals surface area contributed by atoms with Crippen molar-refractivity contribution in [3.8, 4) is 0 Å². The van der Waals surface area contributed by atoms with E-state index in [1.54, 1.807) is 48.5 Å². The molecule has 0 atom stereocenters. The molecule has 1 amide bonds. The van der Waals surface area contributed by atoms with Gasteiger partial charge in [0.15, 0.2) is 0 Å². The first-order valence-electron chi connectivity index (χ1n) is 7.00. The molecule has 0 aliphatic heterocycles. The van der Waals surface area contributed by atoms with Crippen LogP contribution in [0.4, 0.5) is 27.5 Å². The summed E-state index contributed by atoms with van der Waals surface area (Å²) in [6.07, 6.45) is -0.470. The first kappa shape index (κ1) is 15.7. The predicted molar refractivity (Wildman–Crippen MR) is 90.1 cm³/mol. The van der Waals surface area contributed by atoms with Crippen molar-refractivity contribution in [1.29, 1.82) is 0 Å². The van der Waals surface area contributed by atoms with Gasteiger partial charge in [0.1, 0.15) is 5.60 Å². The van der Waals surface area contributed by atoms with Gasteiger partial charge in [-0.05, 0) is 63.2 Å². The van der Waals surface area contributed by atoms with Crippen LogP contribution >= 0.6 is 0 Å². The molecule has 4 N–H and O–H groups in total. The van der Waals surface area contributed by atoms with Gasteiger partial charge in [0.25, 0.3) is 0 Å². The average molecular weight is 299 g/mol. The summed E-state index contributed by atoms with van der Waals surface area (Å²) in [6, 6.07) is 14.1. The van der Waals surface area contributed by atoms with Crippen LogP contribution < -0.4 is 16.4 Å². The molecule has 0 spiro atoms. The molecule has 0 radical (unpaired) electrons. The van der Waals surface area contributed by atoms with Crippen LogP contribution in [0.2, 0.25) is 0 Å². The van der Waals surface area contributed by atoms with Crippen molar-refractivity contribution in [3.05, 3.63) is 48.5 Å². The van der Waals surface area contributed by atoms with Crippen LogP contribution in [0.1, 0.15) is 20.8 Å². The smallest absolute Gasteiger partial charge is 0.419 e. The normalized spacial score (nSPS) is 11.0. The summed E-state index contributed by atoms with van der Waals surface area (Å²) in [7, 11) is 0. The third-order valence-corrected chi connectivity index (χ3v) is 2.86. The zero-order valence-corrected chi connectivity index (χ0v) is 13.0. The molecular formula is C17H21N3O2. The standard InChI is InChI=1S/C17H21N3O2/c1-17(2,3)22-16(21)20(14-9-7-12(18)8-10-14)15-6-4-5-13(19)11-15/h4-11H,18-19H2,1-3H3. The maximum absolute atomic E-state index is 12.6. The number of hydrogen-bond acceptors (Lipinski definition) is 4. The first-order chi connectivity index (χ1) is 10.3. The van der Waals surface area contributed by atoms with Gasteiger partial charge in [0.05, 0.1) is 11.4 Å². The average Bonchev–Trinajstić information content (AvgIpc) is 2.39. The molecule has 2 rings (SSSR count). The number of hydrogen-bond donors (Lipinski definition) is 2. The van der Waals surface area contributed by atoms with E-state index in [0.29, 0.717) is 22.7 Å². The molecule has 5 nitrogen and oxygen atoms in total. The number of carbonyl (C=O) groups excluding carboxylic acids is 1. The Kier molecular flexibility index (Phi) is 4.26. The highest BCUT2D eigenvalue weighted by atomic mass is 16.6. The summed E-state index contributed by atoms with van der Waals surface area (Å²) < 4.78 is 5.49. The number of nitrogens with two attached hydrogens (primary N) is 2. The Labute approximate surface area is 130 Å². The summed E-state index contributed by atoms with van der Waals surface area (Å²) >= 11 is 0. The molecule has 5 heteroatoms. The van der Waals surface area contributed by atoms with Crippen molar-refractivity contribution in [1.82, 2.24) is 0 Å². The number of rotatable bonds is 2. The Morgan fingerprint density at radius 3 is 2.14 bits per heavy atom. The largest absolute Gasteiger partial charge is 0.443 e. The summed E-state index contributed by atoms with van der Waals surface area (Å²) in [5.41, 5.74) is 13.4. The second kappa shape index (κ2) is 5.97. The van der Waals surface area contributed by atoms with E-state index in [0.717, 1.165) is 0 Å². The monoisotopic (exact) mass is 299 g/mol. The number of carbonyl (C=O) groups is 1. The van der Waals surface area contributed by atoms with E-state index < -0.39 is 11.7 Å². The SMILES string of the molecule is CC(C)(C)OC(=O)N(c1ccc(N)cc1)c1cccc(N)c1. The molecule has 0 unspecified atom stereocenters. The number of anilines is 4. The van der Waals surface area contributed by atoms with Crippen molar-refractivity contribution >= 4 is 28.8 Å². The fraction of sp³-hybridized carbons (Fsp3) is 0.235. The molecule has 0 saturated heterocycles. The van der Waals surface area contributed by atoms with Gasteiger partial charge in [-0.25, -0.2) is 9.69 Å². The molecule has 0 bridgehead atoms. The third kappa shape index (κ3) is 3.91. The molecule has 2 aromatic rings. The zero-order chi connectivity index (χ0) is 16.3. The molecule has 116 valence electrons. The maximum Gasteiger partial charge on any atom is 0.419 e. The Bertz CT molecular complexity index is 660. The molecule has 0 fully saturated rings. The van der Waals surface area contributed by atoms with Crippen LogP contribution in [-0.4, -0.2) is 11.7 Å². The highest BCUT2D eigenvalue weighted by Crippen LogP contribution is 2.29. The van der Waals surface area contributed by atoms with Crippen molar-refractivity contribution in [3.63, 3.8) is 0 Å². The van der Waals surface area contributed by atoms with Crippen LogP contribution in [-0.2, 0) is 4.74 Å². The lowest BCUT2D eigenvalue weighted by Crippen LogP contribution is -2.33. The minimum atomic E-state index is -0.594. The van der Waals surface area contributed by atoms with Gasteiger partial charge in [-0.2, -0.15) is 0 Å². The highest BCUT2D eigenvalue weighted by Gasteiger charge is 2.25. The second-order valence-electron chi connectivity index (χ2n) is 6.00. The molecule has 22 heavy (non-hydrogen) atoms. The lowest BCUT2D eigenvalue weighted by Gasteiger charge is -2.27. The molecule has 0 saturated carbocycles. The summed E-state index contributed by atoms with van der Waals surface area (Å²) in [6.45, 7) is 5.47. The molecule has 0 aromatic heterocycles. The van der Waals surface area contributed by atoms with E-state index in [-0.39, 0.29) is 0 Å². The number of amides is 1. The van der Waals surface area contributed by atoms with Crippen LogP contribution in [0.15, 0.2) is 48.5 Å². The summed E-state index contributed by atoms with van der Waals surface area (Å²) in [5.74, 6) is 0. The Morgan fingerprint density at radius 1 is 0.955 bits per heavy atom. The highest BCUT2D eigenvalue weighted by molar-refractivity contribution is 5.96. The Balaban J connectivity index is 2.45. The third-order valence-electron chi connectivity index (χ3n) is 2.86. The van der Waals surface area contributed by atoms with E-state index in [1.807, 2.05) is 20.8 Å². The molecule has 0 heterocycles. The van der Waals surface area contributed by atoms with E-state index in [1.165, 1.54) is 4.90 Å². The van der Waals surface area contributed by atoms with E-state index in [4.69, 9.17) is 16.2 Å². The quantitative estimate of drug-likeness (QED) is 0.823. The van der Waals surface area contributed by atoms with Crippen molar-refractivity contribution < 1.29 is 9.53 Å². The number of nitrogens with zero attached hydrogens (tertiary/aromatic N) is 1. The van der Waals surface area contributed by atoms with Crippen LogP contribution in [0.5, 0.6) is 0 Å². The lowest BCUT2D eigenvalue weighted by molar-refractivity contribution is 0.0599. The second-order valence-corrected chi connectivity index (χ2v) is 6.00. The van der Waals surface area contributed by atoms with Crippen molar-refractivity contribution in [2.45, 2.75) is 26.4 Å². The van der Waals surface area contributed by atoms with Crippen molar-refractivity contribution in [2.75, 3.05) is 16.4 Å². The molecule has 0 aliphatic rings. The topological polar surface area (TPSA) is 81.6 Å². The van der Waals surface area contributed by atoms with Gasteiger partial charge in [-0.1, -0.05) is 6.07 Å². The Morgan fingerprint density at radius 2 is 1.59 bits per heavy atom. The van der Waals surface area contributed by atoms with Gasteiger partial charge >= 0.3 is 6.09 Å². The number of nitrogen functional groups attached to an aromatic ring is 2. The van der Waals surface area contributed by atoms with Gasteiger partial charge in [0.2, 0.25) is 0 Å². The fourth-order valence-corrected chi connectivity index (χ4v) is 1.95. The van der Waals surface area contributed by atoms with Gasteiger partial charge in [0, 0.05) is 11.4 Å². The van der Waals surface area contributed by atoms with E-state index in [9.17, 15) is 4.79 Å². The van der Waals surface area contributed by atoms with Gasteiger partial charge in [-0.15, -0.1) is 0 Å². The van der Waals surface area contributed by atoms with E-state index in [2.05, 4.69) is 0 Å². The first-order valence-corrected chi connectivity index (χ1v) is 7.00. The van der Waals surface area contributed by atoms with Gasteiger partial charge < -0.3 is 16.2 Å². The van der Waals surface area contributed by atoms with Crippen LogP contribution in [0, 0.1) is 0 Å². The number of benzene rings is 2. The van der Waals surface area contributed by atoms with Crippen LogP contribution in [0.25, 0.3) is 0 Å². The summed E-state index contributed by atoms with van der Waals surface area (Å²) in [4.78, 5) is 14.1. The van der Waals surface area contributed by atoms with E-state index >= 15 is 0 Å². The fourth-order valence-electron chi connectivity index (χ4n) is 1.95. The molecule has 2 aromatic carbocycles. The number of ether oxygens (including phenoxy) is 1. The predicted octanol–water partition coefficient (Wildman–Crippen LogP) is 3.92.